The summed E-state index contributed by atoms with van der Waals surface area (Å²) < 4.78 is 29.0. The van der Waals surface area contributed by atoms with Gasteiger partial charge < -0.3 is 14.2 Å². The molecular formula is C11H17FO5. The molecule has 5 nitrogen and oxygen atoms in total. The number of rotatable bonds is 2. The number of carbonyl (C=O) groups is 2. The number of hydrogen-bond acceptors (Lipinski definition) is 5. The Balaban J connectivity index is 2.86. The second-order valence-electron chi connectivity index (χ2n) is 4.14. The molecule has 0 saturated carbocycles. The lowest BCUT2D eigenvalue weighted by Crippen LogP contribution is -2.57. The van der Waals surface area contributed by atoms with Crippen LogP contribution in [0.3, 0.4) is 0 Å². The van der Waals surface area contributed by atoms with Gasteiger partial charge in [0.2, 0.25) is 0 Å². The zero-order valence-electron chi connectivity index (χ0n) is 10.3. The van der Waals surface area contributed by atoms with E-state index in [9.17, 15) is 14.0 Å². The quantitative estimate of drug-likeness (QED) is 0.682. The number of hydrogen-bond donors (Lipinski definition) is 0. The van der Waals surface area contributed by atoms with Gasteiger partial charge in [-0.1, -0.05) is 0 Å². The third kappa shape index (κ3) is 3.39. The Morgan fingerprint density at radius 2 is 1.47 bits per heavy atom. The maximum atomic E-state index is 13.9. The largest absolute Gasteiger partial charge is 0.456 e. The Labute approximate surface area is 99.2 Å². The van der Waals surface area contributed by atoms with Crippen molar-refractivity contribution < 1.29 is 28.2 Å². The van der Waals surface area contributed by atoms with Crippen molar-refractivity contribution in [3.05, 3.63) is 0 Å². The molecule has 0 aliphatic carbocycles. The van der Waals surface area contributed by atoms with E-state index in [2.05, 4.69) is 0 Å². The van der Waals surface area contributed by atoms with Gasteiger partial charge in [0, 0.05) is 13.8 Å². The van der Waals surface area contributed by atoms with Gasteiger partial charge in [0.25, 0.3) is 0 Å². The molecule has 98 valence electrons. The smallest absolute Gasteiger partial charge is 0.303 e. The van der Waals surface area contributed by atoms with Crippen LogP contribution in [-0.2, 0) is 23.8 Å². The van der Waals surface area contributed by atoms with Crippen LogP contribution in [0.2, 0.25) is 0 Å². The number of halogens is 1. The Morgan fingerprint density at radius 3 is 1.94 bits per heavy atom. The van der Waals surface area contributed by atoms with Crippen LogP contribution in [0.4, 0.5) is 4.39 Å². The predicted molar refractivity (Wildman–Crippen MR) is 56.0 cm³/mol. The second-order valence-corrected chi connectivity index (χ2v) is 4.14. The molecule has 6 heteroatoms. The van der Waals surface area contributed by atoms with Crippen molar-refractivity contribution in [3.8, 4) is 0 Å². The van der Waals surface area contributed by atoms with Crippen molar-refractivity contribution in [1.29, 1.82) is 0 Å². The van der Waals surface area contributed by atoms with Gasteiger partial charge in [-0.15, -0.1) is 0 Å². The minimum atomic E-state index is -1.51. The Morgan fingerprint density at radius 1 is 1.00 bits per heavy atom. The Bertz CT molecular complexity index is 306. The van der Waals surface area contributed by atoms with Crippen molar-refractivity contribution in [2.45, 2.75) is 58.3 Å². The molecular weight excluding hydrogens is 231 g/mol. The molecule has 0 N–H and O–H groups in total. The molecule has 0 aromatic rings. The molecule has 0 amide bonds. The summed E-state index contributed by atoms with van der Waals surface area (Å²) in [5.74, 6) is -1.18. The fourth-order valence-corrected chi connectivity index (χ4v) is 1.88. The lowest BCUT2D eigenvalue weighted by Gasteiger charge is -2.40. The molecule has 0 aromatic carbocycles. The molecule has 0 spiro atoms. The summed E-state index contributed by atoms with van der Waals surface area (Å²) in [7, 11) is 0. The number of alkyl halides is 1. The molecule has 0 aromatic heterocycles. The van der Waals surface area contributed by atoms with E-state index in [0.717, 1.165) is 0 Å². The van der Waals surface area contributed by atoms with Gasteiger partial charge >= 0.3 is 11.9 Å². The van der Waals surface area contributed by atoms with Crippen LogP contribution in [-0.4, -0.2) is 42.5 Å². The molecule has 1 heterocycles. The van der Waals surface area contributed by atoms with Crippen LogP contribution in [0.25, 0.3) is 0 Å². The molecule has 0 bridgehead atoms. The molecule has 1 rings (SSSR count). The minimum Gasteiger partial charge on any atom is -0.456 e. The SMILES string of the molecule is CC(=O)OC1C(C)OC(C)C(F)C1OC(C)=O. The van der Waals surface area contributed by atoms with Crippen molar-refractivity contribution in [2.75, 3.05) is 0 Å². The van der Waals surface area contributed by atoms with Gasteiger partial charge in [-0.05, 0) is 13.8 Å². The van der Waals surface area contributed by atoms with Crippen molar-refractivity contribution >= 4 is 11.9 Å². The molecule has 1 aliphatic heterocycles. The van der Waals surface area contributed by atoms with Gasteiger partial charge in [0.05, 0.1) is 12.2 Å². The minimum absolute atomic E-state index is 0.523. The van der Waals surface area contributed by atoms with E-state index in [1.807, 2.05) is 0 Å². The lowest BCUT2D eigenvalue weighted by atomic mass is 9.97. The summed E-state index contributed by atoms with van der Waals surface area (Å²) in [6, 6.07) is 0. The first kappa shape index (κ1) is 13.9. The number of esters is 2. The van der Waals surface area contributed by atoms with Crippen molar-refractivity contribution in [3.63, 3.8) is 0 Å². The first-order chi connectivity index (χ1) is 7.82. The molecule has 1 aliphatic rings. The van der Waals surface area contributed by atoms with E-state index in [1.54, 1.807) is 13.8 Å². The fraction of sp³-hybridized carbons (Fsp3) is 0.818. The second kappa shape index (κ2) is 5.44. The van der Waals surface area contributed by atoms with Gasteiger partial charge in [-0.25, -0.2) is 4.39 Å². The zero-order valence-corrected chi connectivity index (χ0v) is 10.3. The number of carbonyl (C=O) groups excluding carboxylic acids is 2. The first-order valence-electron chi connectivity index (χ1n) is 5.47. The molecule has 0 radical (unpaired) electrons. The normalized spacial score (nSPS) is 37.4. The summed E-state index contributed by atoms with van der Waals surface area (Å²) in [5.41, 5.74) is 0. The fourth-order valence-electron chi connectivity index (χ4n) is 1.88. The molecule has 17 heavy (non-hydrogen) atoms. The zero-order chi connectivity index (χ0) is 13.2. The van der Waals surface area contributed by atoms with Crippen molar-refractivity contribution in [1.82, 2.24) is 0 Å². The van der Waals surface area contributed by atoms with Crippen LogP contribution >= 0.6 is 0 Å². The van der Waals surface area contributed by atoms with Gasteiger partial charge in [0.1, 0.15) is 0 Å². The molecule has 5 atom stereocenters. The lowest BCUT2D eigenvalue weighted by molar-refractivity contribution is -0.221. The maximum Gasteiger partial charge on any atom is 0.303 e. The van der Waals surface area contributed by atoms with Crippen LogP contribution in [0.5, 0.6) is 0 Å². The number of ether oxygens (including phenoxy) is 3. The average molecular weight is 248 g/mol. The molecule has 5 unspecified atom stereocenters. The third-order valence-electron chi connectivity index (χ3n) is 2.58. The van der Waals surface area contributed by atoms with Crippen LogP contribution in [0.1, 0.15) is 27.7 Å². The van der Waals surface area contributed by atoms with Gasteiger partial charge in [0.15, 0.2) is 18.4 Å². The van der Waals surface area contributed by atoms with E-state index >= 15 is 0 Å². The highest BCUT2D eigenvalue weighted by Crippen LogP contribution is 2.27. The summed E-state index contributed by atoms with van der Waals surface area (Å²) >= 11 is 0. The topological polar surface area (TPSA) is 61.8 Å². The van der Waals surface area contributed by atoms with Gasteiger partial charge in [-0.2, -0.15) is 0 Å². The maximum absolute atomic E-state index is 13.9. The van der Waals surface area contributed by atoms with E-state index in [4.69, 9.17) is 14.2 Å². The molecule has 1 saturated heterocycles. The first-order valence-corrected chi connectivity index (χ1v) is 5.47. The van der Waals surface area contributed by atoms with E-state index in [0.29, 0.717) is 0 Å². The highest BCUT2D eigenvalue weighted by molar-refractivity contribution is 5.67. The summed E-state index contributed by atoms with van der Waals surface area (Å²) in [5, 5.41) is 0. The van der Waals surface area contributed by atoms with Crippen LogP contribution < -0.4 is 0 Å². The monoisotopic (exact) mass is 248 g/mol. The van der Waals surface area contributed by atoms with Crippen molar-refractivity contribution in [2.24, 2.45) is 0 Å². The van der Waals surface area contributed by atoms with Gasteiger partial charge in [-0.3, -0.25) is 9.59 Å². The molecule has 1 fully saturated rings. The Kier molecular flexibility index (Phi) is 4.45. The standard InChI is InChI=1S/C11H17FO5/c1-5-9(12)11(17-8(4)14)10(6(2)15-5)16-7(3)13/h5-6,9-11H,1-4H3. The summed E-state index contributed by atoms with van der Waals surface area (Å²) in [6.07, 6.45) is -4.77. The summed E-state index contributed by atoms with van der Waals surface area (Å²) in [4.78, 5) is 21.9. The van der Waals surface area contributed by atoms with E-state index < -0.39 is 42.5 Å². The Hall–Kier alpha value is -1.17. The average Bonchev–Trinajstić information content (AvgIpc) is 2.19. The third-order valence-corrected chi connectivity index (χ3v) is 2.58. The summed E-state index contributed by atoms with van der Waals surface area (Å²) in [6.45, 7) is 5.58. The highest BCUT2D eigenvalue weighted by atomic mass is 19.1. The van der Waals surface area contributed by atoms with E-state index in [1.165, 1.54) is 13.8 Å². The predicted octanol–water partition coefficient (Wildman–Crippen LogP) is 0.995. The van der Waals surface area contributed by atoms with Crippen LogP contribution in [0.15, 0.2) is 0 Å². The van der Waals surface area contributed by atoms with Crippen LogP contribution in [0, 0.1) is 0 Å². The van der Waals surface area contributed by atoms with E-state index in [-0.39, 0.29) is 0 Å². The highest BCUT2D eigenvalue weighted by Gasteiger charge is 2.46.